The molecule has 8 nitrogen and oxygen atoms in total. The Bertz CT molecular complexity index is 984. The Labute approximate surface area is 318 Å². The van der Waals surface area contributed by atoms with Crippen LogP contribution in [0.15, 0.2) is 48.6 Å². The van der Waals surface area contributed by atoms with Gasteiger partial charge in [-0.3, -0.25) is 14.1 Å². The summed E-state index contributed by atoms with van der Waals surface area (Å²) in [7, 11) is -4.77. The molecule has 0 aromatic rings. The van der Waals surface area contributed by atoms with Gasteiger partial charge in [-0.25, -0.2) is 4.57 Å². The zero-order valence-corrected chi connectivity index (χ0v) is 34.1. The predicted octanol–water partition coefficient (Wildman–Crippen LogP) is 12.7. The van der Waals surface area contributed by atoms with Crippen LogP contribution in [0.25, 0.3) is 0 Å². The van der Waals surface area contributed by atoms with Crippen molar-refractivity contribution in [3.63, 3.8) is 0 Å². The smallest absolute Gasteiger partial charge is 0.462 e. The number of hydrogen-bond donors (Lipinski definition) is 2. The van der Waals surface area contributed by atoms with Crippen LogP contribution in [0.2, 0.25) is 0 Å². The molecule has 0 radical (unpaired) electrons. The minimum atomic E-state index is -4.77. The van der Waals surface area contributed by atoms with Crippen molar-refractivity contribution in [1.29, 1.82) is 0 Å². The largest absolute Gasteiger partial charge is 0.469 e. The first-order valence-corrected chi connectivity index (χ1v) is 22.5. The Morgan fingerprint density at radius 1 is 0.500 bits per heavy atom. The second-order valence-corrected chi connectivity index (χ2v) is 15.2. The van der Waals surface area contributed by atoms with Crippen molar-refractivity contribution in [2.45, 2.75) is 200 Å². The monoisotopic (exact) mass is 753 g/mol. The first-order valence-electron chi connectivity index (χ1n) is 20.9. The highest BCUT2D eigenvalue weighted by Crippen LogP contribution is 2.36. The van der Waals surface area contributed by atoms with Crippen LogP contribution in [0.3, 0.4) is 0 Å². The maximum Gasteiger partial charge on any atom is 0.469 e. The zero-order chi connectivity index (χ0) is 38.2. The van der Waals surface area contributed by atoms with Crippen molar-refractivity contribution in [1.82, 2.24) is 0 Å². The second kappa shape index (κ2) is 38.7. The van der Waals surface area contributed by atoms with Crippen molar-refractivity contribution in [3.05, 3.63) is 48.6 Å². The molecule has 0 bridgehead atoms. The third-order valence-electron chi connectivity index (χ3n) is 8.82. The van der Waals surface area contributed by atoms with Gasteiger partial charge in [0, 0.05) is 12.8 Å². The van der Waals surface area contributed by atoms with E-state index in [-0.39, 0.29) is 19.4 Å². The van der Waals surface area contributed by atoms with Gasteiger partial charge in [-0.15, -0.1) is 0 Å². The SMILES string of the molecule is CCCCCCCC/C=C/C/C=C/C/C=C/CCCC(=O)OC[C@H](COP(=O)(O)O)OC(=O)CCCCCCCCC/C=C/CCCCCCCC. The van der Waals surface area contributed by atoms with Gasteiger partial charge in [0.25, 0.3) is 0 Å². The predicted molar refractivity (Wildman–Crippen MR) is 216 cm³/mol. The van der Waals surface area contributed by atoms with E-state index in [4.69, 9.17) is 19.3 Å². The van der Waals surface area contributed by atoms with E-state index in [0.29, 0.717) is 12.8 Å². The number of unbranched alkanes of at least 4 members (excludes halogenated alkanes) is 20. The van der Waals surface area contributed by atoms with E-state index in [1.807, 2.05) is 6.08 Å². The summed E-state index contributed by atoms with van der Waals surface area (Å²) in [6.45, 7) is 3.63. The van der Waals surface area contributed by atoms with E-state index in [1.165, 1.54) is 103 Å². The minimum absolute atomic E-state index is 0.194. The lowest BCUT2D eigenvalue weighted by Crippen LogP contribution is -2.29. The van der Waals surface area contributed by atoms with Crippen LogP contribution in [-0.4, -0.2) is 41.0 Å². The van der Waals surface area contributed by atoms with Crippen LogP contribution in [0.5, 0.6) is 0 Å². The molecule has 0 saturated heterocycles. The van der Waals surface area contributed by atoms with Gasteiger partial charge in [0.2, 0.25) is 0 Å². The third-order valence-corrected chi connectivity index (χ3v) is 9.31. The number of carbonyl (C=O) groups is 2. The highest BCUT2D eigenvalue weighted by molar-refractivity contribution is 7.46. The highest BCUT2D eigenvalue weighted by atomic mass is 31.2. The number of carbonyl (C=O) groups excluding carboxylic acids is 2. The summed E-state index contributed by atoms with van der Waals surface area (Å²) in [6, 6.07) is 0. The summed E-state index contributed by atoms with van der Waals surface area (Å²) in [6.07, 6.45) is 46.9. The van der Waals surface area contributed by atoms with Gasteiger partial charge in [-0.2, -0.15) is 0 Å². The molecule has 52 heavy (non-hydrogen) atoms. The molecule has 302 valence electrons. The normalized spacial score (nSPS) is 12.9. The van der Waals surface area contributed by atoms with Crippen molar-refractivity contribution in [2.24, 2.45) is 0 Å². The topological polar surface area (TPSA) is 119 Å². The van der Waals surface area contributed by atoms with Gasteiger partial charge < -0.3 is 19.3 Å². The molecular weight excluding hydrogens is 675 g/mol. The number of allylic oxidation sites excluding steroid dienone is 8. The third kappa shape index (κ3) is 40.8. The maximum absolute atomic E-state index is 12.4. The zero-order valence-electron chi connectivity index (χ0n) is 33.2. The summed E-state index contributed by atoms with van der Waals surface area (Å²) >= 11 is 0. The Morgan fingerprint density at radius 2 is 0.885 bits per heavy atom. The molecule has 0 saturated carbocycles. The average Bonchev–Trinajstić information content (AvgIpc) is 3.11. The van der Waals surface area contributed by atoms with Gasteiger partial charge in [0.05, 0.1) is 6.61 Å². The number of phosphoric acid groups is 1. The van der Waals surface area contributed by atoms with E-state index < -0.39 is 32.5 Å². The molecule has 0 aliphatic carbocycles. The van der Waals surface area contributed by atoms with Gasteiger partial charge in [0.15, 0.2) is 6.10 Å². The van der Waals surface area contributed by atoms with Crippen molar-refractivity contribution < 1.29 is 37.9 Å². The Kier molecular flexibility index (Phi) is 37.2. The number of rotatable bonds is 38. The quantitative estimate of drug-likeness (QED) is 0.0277. The molecular formula is C43H77O8P. The first kappa shape index (κ1) is 50.0. The van der Waals surface area contributed by atoms with Crippen LogP contribution in [-0.2, 0) is 28.2 Å². The van der Waals surface area contributed by atoms with Crippen molar-refractivity contribution >= 4 is 19.8 Å². The lowest BCUT2D eigenvalue weighted by atomic mass is 10.1. The van der Waals surface area contributed by atoms with Gasteiger partial charge >= 0.3 is 19.8 Å². The molecule has 0 aliphatic heterocycles. The molecule has 0 unspecified atom stereocenters. The molecule has 0 heterocycles. The second-order valence-electron chi connectivity index (χ2n) is 14.0. The summed E-state index contributed by atoms with van der Waals surface area (Å²) in [5.41, 5.74) is 0. The van der Waals surface area contributed by atoms with Crippen LogP contribution in [0.1, 0.15) is 194 Å². The summed E-state index contributed by atoms with van der Waals surface area (Å²) in [5.74, 6) is -0.950. The van der Waals surface area contributed by atoms with E-state index in [9.17, 15) is 14.2 Å². The lowest BCUT2D eigenvalue weighted by molar-refractivity contribution is -0.161. The molecule has 0 aromatic heterocycles. The molecule has 0 aliphatic rings. The molecule has 2 N–H and O–H groups in total. The standard InChI is InChI=1S/C43H77O8P/c1-3-5-7-9-11-13-15-17-19-21-23-25-27-29-31-33-35-37-42(44)49-39-41(40-50-52(46,47)48)51-43(45)38-36-34-32-30-28-26-24-22-20-18-16-14-12-10-8-6-4-2/h17-20,23,25,29,31,41H,3-16,21-22,24,26-28,30,32-40H2,1-2H3,(H2,46,47,48)/b19-17+,20-18+,25-23+,31-29+/t41-/m1/s1. The van der Waals surface area contributed by atoms with E-state index in [0.717, 1.165) is 51.4 Å². The number of phosphoric ester groups is 1. The number of hydrogen-bond acceptors (Lipinski definition) is 6. The molecule has 0 amide bonds. The van der Waals surface area contributed by atoms with Crippen LogP contribution in [0, 0.1) is 0 Å². The van der Waals surface area contributed by atoms with E-state index in [2.05, 4.69) is 60.9 Å². The average molecular weight is 753 g/mol. The lowest BCUT2D eigenvalue weighted by Gasteiger charge is -2.18. The molecule has 1 atom stereocenters. The molecule has 0 fully saturated rings. The molecule has 9 heteroatoms. The Morgan fingerprint density at radius 3 is 1.37 bits per heavy atom. The maximum atomic E-state index is 12.4. The fourth-order valence-corrected chi connectivity index (χ4v) is 6.04. The van der Waals surface area contributed by atoms with Crippen LogP contribution >= 0.6 is 7.82 Å². The summed E-state index contributed by atoms with van der Waals surface area (Å²) < 4.78 is 26.3. The number of ether oxygens (including phenoxy) is 2. The Hall–Kier alpha value is -1.99. The van der Waals surface area contributed by atoms with Gasteiger partial charge in [-0.05, 0) is 70.6 Å². The highest BCUT2D eigenvalue weighted by Gasteiger charge is 2.22. The molecule has 0 spiro atoms. The Balaban J connectivity index is 4.01. The summed E-state index contributed by atoms with van der Waals surface area (Å²) in [4.78, 5) is 42.8. The summed E-state index contributed by atoms with van der Waals surface area (Å²) in [5, 5.41) is 0. The first-order chi connectivity index (χ1) is 25.3. The van der Waals surface area contributed by atoms with Crippen LogP contribution < -0.4 is 0 Å². The van der Waals surface area contributed by atoms with E-state index in [1.54, 1.807) is 0 Å². The molecule has 0 rings (SSSR count). The van der Waals surface area contributed by atoms with Gasteiger partial charge in [0.1, 0.15) is 6.61 Å². The van der Waals surface area contributed by atoms with Crippen molar-refractivity contribution in [3.8, 4) is 0 Å². The fraction of sp³-hybridized carbons (Fsp3) is 0.767. The van der Waals surface area contributed by atoms with Crippen LogP contribution in [0.4, 0.5) is 0 Å². The van der Waals surface area contributed by atoms with Crippen molar-refractivity contribution in [2.75, 3.05) is 13.2 Å². The van der Waals surface area contributed by atoms with Gasteiger partial charge in [-0.1, -0.05) is 159 Å². The molecule has 0 aromatic carbocycles. The fourth-order valence-electron chi connectivity index (χ4n) is 5.68. The van der Waals surface area contributed by atoms with E-state index >= 15 is 0 Å². The number of esters is 2. The minimum Gasteiger partial charge on any atom is -0.462 e.